The van der Waals surface area contributed by atoms with Crippen molar-refractivity contribution in [2.45, 2.75) is 20.0 Å². The number of aromatic amines is 1. The summed E-state index contributed by atoms with van der Waals surface area (Å²) in [5.41, 5.74) is 2.42. The van der Waals surface area contributed by atoms with Gasteiger partial charge < -0.3 is 10.4 Å². The summed E-state index contributed by atoms with van der Waals surface area (Å²) in [6.07, 6.45) is -0.637. The third kappa shape index (κ3) is 2.57. The van der Waals surface area contributed by atoms with E-state index >= 15 is 0 Å². The predicted molar refractivity (Wildman–Crippen MR) is 68.4 cm³/mol. The number of H-pyrrole nitrogens is 1. The minimum atomic E-state index is -0.637. The summed E-state index contributed by atoms with van der Waals surface area (Å²) >= 11 is 0. The first-order chi connectivity index (χ1) is 8.58. The Kier molecular flexibility index (Phi) is 3.43. The quantitative estimate of drug-likeness (QED) is 0.774. The van der Waals surface area contributed by atoms with E-state index in [0.717, 1.165) is 5.69 Å². The maximum Gasteiger partial charge on any atom is 0.276 e. The molecule has 0 aliphatic heterocycles. The van der Waals surface area contributed by atoms with Crippen LogP contribution in [0.2, 0.25) is 0 Å². The molecule has 0 radical (unpaired) electrons. The van der Waals surface area contributed by atoms with Gasteiger partial charge in [0.05, 0.1) is 6.10 Å². The number of hydrogen-bond acceptors (Lipinski definition) is 3. The average molecular weight is 245 g/mol. The molecule has 1 aromatic carbocycles. The molecule has 94 valence electrons. The first kappa shape index (κ1) is 12.3. The topological polar surface area (TPSA) is 78.0 Å². The van der Waals surface area contributed by atoms with Crippen LogP contribution in [0, 0.1) is 6.92 Å². The van der Waals surface area contributed by atoms with Crippen LogP contribution < -0.4 is 5.32 Å². The molecule has 1 atom stereocenters. The molecule has 0 aliphatic rings. The number of aliphatic hydroxyl groups excluding tert-OH is 1. The molecule has 0 aliphatic carbocycles. The van der Waals surface area contributed by atoms with Crippen molar-refractivity contribution >= 4 is 11.6 Å². The van der Waals surface area contributed by atoms with Gasteiger partial charge in [-0.05, 0) is 26.0 Å². The Morgan fingerprint density at radius 3 is 2.78 bits per heavy atom. The van der Waals surface area contributed by atoms with Crippen LogP contribution in [0.3, 0.4) is 0 Å². The zero-order chi connectivity index (χ0) is 13.1. The summed E-state index contributed by atoms with van der Waals surface area (Å²) in [5, 5.41) is 19.0. The summed E-state index contributed by atoms with van der Waals surface area (Å²) in [7, 11) is 0. The highest BCUT2D eigenvalue weighted by molar-refractivity contribution is 6.03. The molecule has 0 bridgehead atoms. The first-order valence-corrected chi connectivity index (χ1v) is 5.68. The predicted octanol–water partition coefficient (Wildman–Crippen LogP) is 2.02. The van der Waals surface area contributed by atoms with Crippen LogP contribution in [0.5, 0.6) is 0 Å². The highest BCUT2D eigenvalue weighted by Crippen LogP contribution is 2.22. The fourth-order valence-corrected chi connectivity index (χ4v) is 1.70. The number of benzene rings is 1. The second kappa shape index (κ2) is 5.01. The van der Waals surface area contributed by atoms with Crippen LogP contribution >= 0.6 is 0 Å². The number of nitrogens with one attached hydrogen (secondary N) is 2. The normalized spacial score (nSPS) is 12.2. The SMILES string of the molecule is Cc1cc(C(=O)Nc2ccccc2C(C)O)n[nH]1. The fraction of sp³-hybridized carbons (Fsp3) is 0.231. The molecule has 1 amide bonds. The molecule has 0 saturated carbocycles. The number of aryl methyl sites for hydroxylation is 1. The van der Waals surface area contributed by atoms with Crippen molar-refractivity contribution in [3.63, 3.8) is 0 Å². The number of aromatic nitrogens is 2. The Labute approximate surface area is 105 Å². The number of nitrogens with zero attached hydrogens (tertiary/aromatic N) is 1. The Balaban J connectivity index is 2.22. The number of aliphatic hydroxyl groups is 1. The van der Waals surface area contributed by atoms with Crippen molar-refractivity contribution < 1.29 is 9.90 Å². The van der Waals surface area contributed by atoms with Gasteiger partial charge in [-0.2, -0.15) is 5.10 Å². The van der Waals surface area contributed by atoms with Crippen molar-refractivity contribution in [3.8, 4) is 0 Å². The van der Waals surface area contributed by atoms with Crippen molar-refractivity contribution in [1.82, 2.24) is 10.2 Å². The number of carbonyl (C=O) groups is 1. The van der Waals surface area contributed by atoms with E-state index < -0.39 is 6.10 Å². The van der Waals surface area contributed by atoms with Crippen molar-refractivity contribution in [3.05, 3.63) is 47.3 Å². The summed E-state index contributed by atoms with van der Waals surface area (Å²) < 4.78 is 0. The van der Waals surface area contributed by atoms with Crippen LogP contribution in [0.15, 0.2) is 30.3 Å². The molecule has 0 fully saturated rings. The van der Waals surface area contributed by atoms with Crippen LogP contribution in [-0.2, 0) is 0 Å². The molecule has 18 heavy (non-hydrogen) atoms. The Hall–Kier alpha value is -2.14. The number of para-hydroxylation sites is 1. The van der Waals surface area contributed by atoms with E-state index in [1.807, 2.05) is 13.0 Å². The van der Waals surface area contributed by atoms with Crippen LogP contribution in [-0.4, -0.2) is 21.2 Å². The van der Waals surface area contributed by atoms with Crippen molar-refractivity contribution in [2.75, 3.05) is 5.32 Å². The summed E-state index contributed by atoms with van der Waals surface area (Å²) in [6, 6.07) is 8.81. The second-order valence-corrected chi connectivity index (χ2v) is 4.15. The highest BCUT2D eigenvalue weighted by atomic mass is 16.3. The molecular weight excluding hydrogens is 230 g/mol. The first-order valence-electron chi connectivity index (χ1n) is 5.68. The molecule has 5 heteroatoms. The van der Waals surface area contributed by atoms with Gasteiger partial charge in [0.25, 0.3) is 5.91 Å². The van der Waals surface area contributed by atoms with E-state index in [0.29, 0.717) is 16.9 Å². The average Bonchev–Trinajstić information content (AvgIpc) is 2.76. The molecule has 0 spiro atoms. The number of amides is 1. The molecule has 1 aromatic heterocycles. The summed E-state index contributed by atoms with van der Waals surface area (Å²) in [4.78, 5) is 11.9. The zero-order valence-corrected chi connectivity index (χ0v) is 10.3. The molecule has 2 aromatic rings. The monoisotopic (exact) mass is 245 g/mol. The van der Waals surface area contributed by atoms with Crippen LogP contribution in [0.25, 0.3) is 0 Å². The van der Waals surface area contributed by atoms with E-state index in [-0.39, 0.29) is 5.91 Å². The molecule has 2 rings (SSSR count). The van der Waals surface area contributed by atoms with Gasteiger partial charge in [-0.3, -0.25) is 9.89 Å². The number of carbonyl (C=O) groups excluding carboxylic acids is 1. The maximum absolute atomic E-state index is 11.9. The number of anilines is 1. The van der Waals surface area contributed by atoms with Crippen molar-refractivity contribution in [2.24, 2.45) is 0 Å². The number of rotatable bonds is 3. The standard InChI is InChI=1S/C13H15N3O2/c1-8-7-12(16-15-8)13(18)14-11-6-4-3-5-10(11)9(2)17/h3-7,9,17H,1-2H3,(H,14,18)(H,15,16). The van der Waals surface area contributed by atoms with Gasteiger partial charge in [-0.15, -0.1) is 0 Å². The molecule has 0 saturated heterocycles. The summed E-state index contributed by atoms with van der Waals surface area (Å²) in [5.74, 6) is -0.299. The number of hydrogen-bond donors (Lipinski definition) is 3. The van der Waals surface area contributed by atoms with Crippen molar-refractivity contribution in [1.29, 1.82) is 0 Å². The van der Waals surface area contributed by atoms with E-state index in [1.165, 1.54) is 0 Å². The highest BCUT2D eigenvalue weighted by Gasteiger charge is 2.13. The minimum Gasteiger partial charge on any atom is -0.389 e. The van der Waals surface area contributed by atoms with E-state index in [4.69, 9.17) is 0 Å². The van der Waals surface area contributed by atoms with Gasteiger partial charge in [0.2, 0.25) is 0 Å². The maximum atomic E-state index is 11.9. The Morgan fingerprint density at radius 2 is 2.17 bits per heavy atom. The largest absolute Gasteiger partial charge is 0.389 e. The van der Waals surface area contributed by atoms with Gasteiger partial charge >= 0.3 is 0 Å². The van der Waals surface area contributed by atoms with Crippen LogP contribution in [0.4, 0.5) is 5.69 Å². The minimum absolute atomic E-state index is 0.299. The van der Waals surface area contributed by atoms with E-state index in [9.17, 15) is 9.90 Å². The molecular formula is C13H15N3O2. The van der Waals surface area contributed by atoms with Gasteiger partial charge in [-0.25, -0.2) is 0 Å². The lowest BCUT2D eigenvalue weighted by Crippen LogP contribution is -2.14. The molecule has 1 heterocycles. The van der Waals surface area contributed by atoms with Crippen LogP contribution in [0.1, 0.15) is 34.8 Å². The van der Waals surface area contributed by atoms with E-state index in [1.54, 1.807) is 31.2 Å². The smallest absolute Gasteiger partial charge is 0.276 e. The summed E-state index contributed by atoms with van der Waals surface area (Å²) in [6.45, 7) is 3.48. The lowest BCUT2D eigenvalue weighted by Gasteiger charge is -2.12. The lowest BCUT2D eigenvalue weighted by atomic mass is 10.1. The van der Waals surface area contributed by atoms with Gasteiger partial charge in [-0.1, -0.05) is 18.2 Å². The van der Waals surface area contributed by atoms with Gasteiger partial charge in [0.15, 0.2) is 5.69 Å². The molecule has 1 unspecified atom stereocenters. The second-order valence-electron chi connectivity index (χ2n) is 4.15. The van der Waals surface area contributed by atoms with E-state index in [2.05, 4.69) is 15.5 Å². The third-order valence-electron chi connectivity index (χ3n) is 2.60. The molecule has 5 nitrogen and oxygen atoms in total. The third-order valence-corrected chi connectivity index (χ3v) is 2.60. The zero-order valence-electron chi connectivity index (χ0n) is 10.3. The molecule has 3 N–H and O–H groups in total. The Morgan fingerprint density at radius 1 is 1.44 bits per heavy atom. The van der Waals surface area contributed by atoms with Gasteiger partial charge in [0.1, 0.15) is 0 Å². The Bertz CT molecular complexity index is 561. The lowest BCUT2D eigenvalue weighted by molar-refractivity contribution is 0.102. The fourth-order valence-electron chi connectivity index (χ4n) is 1.70. The van der Waals surface area contributed by atoms with Gasteiger partial charge in [0, 0.05) is 16.9 Å².